The lowest BCUT2D eigenvalue weighted by Gasteiger charge is -2.20. The number of fused-ring (bicyclic) bond motifs is 1. The van der Waals surface area contributed by atoms with Crippen LogP contribution in [0.15, 0.2) is 30.6 Å². The fraction of sp³-hybridized carbons (Fsp3) is 0.429. The largest absolute Gasteiger partial charge is 0.381 e. The Morgan fingerprint density at radius 1 is 1.20 bits per heavy atom. The molecular weight excluding hydrogens is 387 g/mol. The van der Waals surface area contributed by atoms with Crippen molar-refractivity contribution in [3.63, 3.8) is 0 Å². The molecule has 2 saturated heterocycles. The van der Waals surface area contributed by atoms with Gasteiger partial charge in [-0.2, -0.15) is 5.10 Å². The molecule has 4 heterocycles. The van der Waals surface area contributed by atoms with E-state index in [1.807, 2.05) is 0 Å². The number of amides is 2. The number of urea groups is 1. The number of benzene rings is 1. The molecule has 2 amide bonds. The lowest BCUT2D eigenvalue weighted by Crippen LogP contribution is -2.32. The van der Waals surface area contributed by atoms with Gasteiger partial charge in [0, 0.05) is 43.5 Å². The summed E-state index contributed by atoms with van der Waals surface area (Å²) >= 11 is 0. The lowest BCUT2D eigenvalue weighted by atomic mass is 9.97. The Labute approximate surface area is 173 Å². The Morgan fingerprint density at radius 3 is 2.80 bits per heavy atom. The molecule has 156 valence electrons. The third-order valence-corrected chi connectivity index (χ3v) is 5.73. The smallest absolute Gasteiger partial charge is 0.321 e. The molecule has 2 fully saturated rings. The van der Waals surface area contributed by atoms with Gasteiger partial charge in [0.1, 0.15) is 5.82 Å². The zero-order valence-electron chi connectivity index (χ0n) is 16.6. The number of nitrogens with zero attached hydrogens (tertiary/aromatic N) is 5. The molecule has 2 aliphatic rings. The molecule has 1 N–H and O–H groups in total. The van der Waals surface area contributed by atoms with E-state index in [4.69, 9.17) is 4.74 Å². The fourth-order valence-electron chi connectivity index (χ4n) is 4.03. The molecule has 0 bridgehead atoms. The zero-order valence-corrected chi connectivity index (χ0v) is 16.6. The Bertz CT molecular complexity index is 1070. The summed E-state index contributed by atoms with van der Waals surface area (Å²) in [5, 5.41) is 7.48. The molecule has 0 radical (unpaired) electrons. The standard InChI is InChI=1S/C21H23FN6O2/c22-17-4-3-15(24-21(29)27-7-1-2-8-27)11-16(17)19-13-28-20(25-19)23-12-18(26-28)14-5-9-30-10-6-14/h3-4,11-14H,1-2,5-10H2,(H,24,29). The summed E-state index contributed by atoms with van der Waals surface area (Å²) in [5.74, 6) is 0.302. The van der Waals surface area contributed by atoms with Crippen LogP contribution in [-0.4, -0.2) is 56.8 Å². The second-order valence-corrected chi connectivity index (χ2v) is 7.76. The summed E-state index contributed by atoms with van der Waals surface area (Å²) in [4.78, 5) is 22.9. The number of anilines is 1. The molecule has 0 spiro atoms. The highest BCUT2D eigenvalue weighted by molar-refractivity contribution is 5.90. The highest BCUT2D eigenvalue weighted by Crippen LogP contribution is 2.27. The quantitative estimate of drug-likeness (QED) is 0.715. The minimum atomic E-state index is -0.415. The average molecular weight is 410 g/mol. The van der Waals surface area contributed by atoms with Crippen LogP contribution in [-0.2, 0) is 4.74 Å². The highest BCUT2D eigenvalue weighted by Gasteiger charge is 2.20. The van der Waals surface area contributed by atoms with Crippen molar-refractivity contribution in [2.45, 2.75) is 31.6 Å². The Kier molecular flexibility index (Phi) is 5.04. The molecule has 0 saturated carbocycles. The van der Waals surface area contributed by atoms with Crippen LogP contribution >= 0.6 is 0 Å². The number of hydrogen-bond donors (Lipinski definition) is 1. The van der Waals surface area contributed by atoms with Crippen LogP contribution in [0.3, 0.4) is 0 Å². The number of likely N-dealkylation sites (tertiary alicyclic amines) is 1. The first-order chi connectivity index (χ1) is 14.7. The SMILES string of the molecule is O=C(Nc1ccc(F)c(-c2cn3nc(C4CCOCC4)cnc3n2)c1)N1CCCC1. The number of ether oxygens (including phenoxy) is 1. The maximum Gasteiger partial charge on any atom is 0.321 e. The number of aromatic nitrogens is 4. The molecule has 30 heavy (non-hydrogen) atoms. The van der Waals surface area contributed by atoms with E-state index in [0.717, 1.165) is 57.7 Å². The number of nitrogens with one attached hydrogen (secondary N) is 1. The fourth-order valence-corrected chi connectivity index (χ4v) is 4.03. The molecule has 5 rings (SSSR count). The molecule has 1 aromatic carbocycles. The topological polar surface area (TPSA) is 84.7 Å². The number of imidazole rings is 1. The van der Waals surface area contributed by atoms with Crippen LogP contribution in [0.1, 0.15) is 37.3 Å². The van der Waals surface area contributed by atoms with Crippen LogP contribution in [0.4, 0.5) is 14.9 Å². The predicted octanol–water partition coefficient (Wildman–Crippen LogP) is 3.45. The second-order valence-electron chi connectivity index (χ2n) is 7.76. The van der Waals surface area contributed by atoms with E-state index in [-0.39, 0.29) is 6.03 Å². The van der Waals surface area contributed by atoms with Crippen molar-refractivity contribution >= 4 is 17.5 Å². The monoisotopic (exact) mass is 410 g/mol. The van der Waals surface area contributed by atoms with Crippen LogP contribution < -0.4 is 5.32 Å². The molecule has 2 aromatic heterocycles. The number of carbonyl (C=O) groups excluding carboxylic acids is 1. The number of halogens is 1. The lowest BCUT2D eigenvalue weighted by molar-refractivity contribution is 0.0842. The number of rotatable bonds is 3. The molecule has 2 aliphatic heterocycles. The van der Waals surface area contributed by atoms with Crippen molar-refractivity contribution in [2.75, 3.05) is 31.6 Å². The van der Waals surface area contributed by atoms with E-state index < -0.39 is 5.82 Å². The van der Waals surface area contributed by atoms with Gasteiger partial charge in [0.05, 0.1) is 23.8 Å². The average Bonchev–Trinajstić information content (AvgIpc) is 3.45. The van der Waals surface area contributed by atoms with Gasteiger partial charge in [-0.1, -0.05) is 0 Å². The van der Waals surface area contributed by atoms with E-state index in [1.165, 1.54) is 6.07 Å². The normalized spacial score (nSPS) is 17.6. The third-order valence-electron chi connectivity index (χ3n) is 5.73. The Balaban J connectivity index is 1.41. The van der Waals surface area contributed by atoms with Crippen molar-refractivity contribution < 1.29 is 13.9 Å². The van der Waals surface area contributed by atoms with Gasteiger partial charge >= 0.3 is 6.03 Å². The molecule has 0 unspecified atom stereocenters. The van der Waals surface area contributed by atoms with Gasteiger partial charge in [0.15, 0.2) is 0 Å². The molecule has 0 aliphatic carbocycles. The van der Waals surface area contributed by atoms with Gasteiger partial charge in [-0.3, -0.25) is 0 Å². The minimum absolute atomic E-state index is 0.163. The van der Waals surface area contributed by atoms with Crippen molar-refractivity contribution in [2.24, 2.45) is 0 Å². The van der Waals surface area contributed by atoms with Gasteiger partial charge in [-0.15, -0.1) is 0 Å². The van der Waals surface area contributed by atoms with Crippen LogP contribution in [0.2, 0.25) is 0 Å². The van der Waals surface area contributed by atoms with E-state index in [1.54, 1.807) is 33.9 Å². The summed E-state index contributed by atoms with van der Waals surface area (Å²) < 4.78 is 21.6. The van der Waals surface area contributed by atoms with Gasteiger partial charge in [-0.05, 0) is 43.9 Å². The zero-order chi connectivity index (χ0) is 20.5. The second kappa shape index (κ2) is 7.98. The number of hydrogen-bond acceptors (Lipinski definition) is 5. The minimum Gasteiger partial charge on any atom is -0.381 e. The summed E-state index contributed by atoms with van der Waals surface area (Å²) in [7, 11) is 0. The summed E-state index contributed by atoms with van der Waals surface area (Å²) in [5.41, 5.74) is 2.15. The summed E-state index contributed by atoms with van der Waals surface area (Å²) in [6.07, 6.45) is 7.27. The number of carbonyl (C=O) groups is 1. The molecule has 0 atom stereocenters. The van der Waals surface area contributed by atoms with E-state index >= 15 is 0 Å². The molecule has 3 aromatic rings. The highest BCUT2D eigenvalue weighted by atomic mass is 19.1. The molecular formula is C21H23FN6O2. The third kappa shape index (κ3) is 3.72. The first-order valence-corrected chi connectivity index (χ1v) is 10.3. The van der Waals surface area contributed by atoms with Crippen molar-refractivity contribution in [1.82, 2.24) is 24.5 Å². The van der Waals surface area contributed by atoms with Crippen molar-refractivity contribution in [3.05, 3.63) is 42.1 Å². The Hall–Kier alpha value is -3.07. The first kappa shape index (κ1) is 18.9. The van der Waals surface area contributed by atoms with Crippen molar-refractivity contribution in [1.29, 1.82) is 0 Å². The molecule has 8 nitrogen and oxygen atoms in total. The van der Waals surface area contributed by atoms with Gasteiger partial charge in [0.2, 0.25) is 0 Å². The van der Waals surface area contributed by atoms with Crippen LogP contribution in [0, 0.1) is 5.82 Å². The van der Waals surface area contributed by atoms with Crippen molar-refractivity contribution in [3.8, 4) is 11.3 Å². The first-order valence-electron chi connectivity index (χ1n) is 10.3. The van der Waals surface area contributed by atoms with Gasteiger partial charge < -0.3 is 15.0 Å². The van der Waals surface area contributed by atoms with E-state index in [9.17, 15) is 9.18 Å². The van der Waals surface area contributed by atoms with Crippen LogP contribution in [0.5, 0.6) is 0 Å². The van der Waals surface area contributed by atoms with E-state index in [2.05, 4.69) is 20.4 Å². The maximum absolute atomic E-state index is 14.6. The van der Waals surface area contributed by atoms with E-state index in [0.29, 0.717) is 28.6 Å². The summed E-state index contributed by atoms with van der Waals surface area (Å²) in [6.45, 7) is 2.94. The van der Waals surface area contributed by atoms with Gasteiger partial charge in [0.25, 0.3) is 5.78 Å². The Morgan fingerprint density at radius 2 is 2.00 bits per heavy atom. The predicted molar refractivity (Wildman–Crippen MR) is 109 cm³/mol. The molecule has 9 heteroatoms. The van der Waals surface area contributed by atoms with Crippen LogP contribution in [0.25, 0.3) is 17.0 Å². The van der Waals surface area contributed by atoms with Gasteiger partial charge in [-0.25, -0.2) is 23.7 Å². The maximum atomic E-state index is 14.6. The summed E-state index contributed by atoms with van der Waals surface area (Å²) in [6, 6.07) is 4.34.